The van der Waals surface area contributed by atoms with Gasteiger partial charge in [-0.1, -0.05) is 25.5 Å². The van der Waals surface area contributed by atoms with E-state index in [0.29, 0.717) is 36.7 Å². The molecule has 0 fully saturated rings. The van der Waals surface area contributed by atoms with Crippen LogP contribution in [-0.2, 0) is 4.79 Å². The smallest absolute Gasteiger partial charge is 0.253 e. The fraction of sp³-hybridized carbons (Fsp3) is 0.391. The number of carbonyl (C=O) groups excluding carboxylic acids is 2. The Bertz CT molecular complexity index is 786. The second-order valence-electron chi connectivity index (χ2n) is 6.65. The van der Waals surface area contributed by atoms with Crippen LogP contribution in [0.25, 0.3) is 0 Å². The van der Waals surface area contributed by atoms with Gasteiger partial charge < -0.3 is 20.3 Å². The first-order valence-electron chi connectivity index (χ1n) is 10.2. The number of carbonyl (C=O) groups is 2. The van der Waals surface area contributed by atoms with Gasteiger partial charge in [-0.15, -0.1) is 0 Å². The minimum Gasteiger partial charge on any atom is -0.491 e. The summed E-state index contributed by atoms with van der Waals surface area (Å²) in [5.74, 6) is 0.521. The number of anilines is 2. The highest BCUT2D eigenvalue weighted by Crippen LogP contribution is 2.24. The molecule has 0 aromatic heterocycles. The minimum absolute atomic E-state index is 0.0129. The van der Waals surface area contributed by atoms with Crippen LogP contribution in [0.2, 0.25) is 0 Å². The molecule has 2 aromatic carbocycles. The van der Waals surface area contributed by atoms with Gasteiger partial charge in [-0.2, -0.15) is 0 Å². The minimum atomic E-state index is -0.167. The topological polar surface area (TPSA) is 70.7 Å². The summed E-state index contributed by atoms with van der Waals surface area (Å²) in [5.41, 5.74) is 2.08. The van der Waals surface area contributed by atoms with Crippen LogP contribution >= 0.6 is 0 Å². The molecule has 2 rings (SSSR count). The SMILES string of the molecule is CCCCOc1ccccc1NC(=O)CNc1ccc(C(=O)N(CC)CC)cc1. The van der Waals surface area contributed by atoms with Crippen LogP contribution in [0.3, 0.4) is 0 Å². The van der Waals surface area contributed by atoms with Crippen molar-refractivity contribution in [2.24, 2.45) is 0 Å². The lowest BCUT2D eigenvalue weighted by molar-refractivity contribution is -0.114. The zero-order chi connectivity index (χ0) is 21.1. The molecule has 0 aliphatic carbocycles. The molecule has 2 amide bonds. The Hall–Kier alpha value is -3.02. The maximum absolute atomic E-state index is 12.3. The van der Waals surface area contributed by atoms with Crippen molar-refractivity contribution in [3.8, 4) is 5.75 Å². The highest BCUT2D eigenvalue weighted by atomic mass is 16.5. The molecule has 0 saturated carbocycles. The molecule has 2 aromatic rings. The van der Waals surface area contributed by atoms with Crippen LogP contribution in [0.15, 0.2) is 48.5 Å². The molecule has 0 bridgehead atoms. The number of nitrogens with one attached hydrogen (secondary N) is 2. The van der Waals surface area contributed by atoms with E-state index >= 15 is 0 Å². The second-order valence-corrected chi connectivity index (χ2v) is 6.65. The maximum Gasteiger partial charge on any atom is 0.253 e. The summed E-state index contributed by atoms with van der Waals surface area (Å²) in [6, 6.07) is 14.6. The molecule has 0 unspecified atom stereocenters. The van der Waals surface area contributed by atoms with Gasteiger partial charge in [0.2, 0.25) is 5.91 Å². The van der Waals surface area contributed by atoms with Crippen LogP contribution < -0.4 is 15.4 Å². The van der Waals surface area contributed by atoms with Crippen molar-refractivity contribution in [2.75, 3.05) is 36.9 Å². The molecule has 29 heavy (non-hydrogen) atoms. The Kier molecular flexibility index (Phi) is 9.02. The van der Waals surface area contributed by atoms with E-state index in [1.807, 2.05) is 50.2 Å². The van der Waals surface area contributed by atoms with Crippen LogP contribution in [0.4, 0.5) is 11.4 Å². The Morgan fingerprint density at radius 3 is 2.31 bits per heavy atom. The molecule has 0 spiro atoms. The predicted molar refractivity (Wildman–Crippen MR) is 118 cm³/mol. The van der Waals surface area contributed by atoms with Gasteiger partial charge in [-0.05, 0) is 56.7 Å². The molecule has 0 atom stereocenters. The first-order chi connectivity index (χ1) is 14.1. The highest BCUT2D eigenvalue weighted by molar-refractivity contribution is 5.96. The first kappa shape index (κ1) is 22.3. The number of para-hydroxylation sites is 2. The van der Waals surface area contributed by atoms with Crippen LogP contribution in [0.1, 0.15) is 44.0 Å². The molecule has 2 N–H and O–H groups in total. The number of amides is 2. The first-order valence-corrected chi connectivity index (χ1v) is 10.2. The molecule has 0 aliphatic heterocycles. The summed E-state index contributed by atoms with van der Waals surface area (Å²) in [5, 5.41) is 5.96. The molecule has 156 valence electrons. The van der Waals surface area contributed by atoms with Crippen molar-refractivity contribution in [1.29, 1.82) is 0 Å². The van der Waals surface area contributed by atoms with Crippen molar-refractivity contribution < 1.29 is 14.3 Å². The average Bonchev–Trinajstić information content (AvgIpc) is 2.75. The van der Waals surface area contributed by atoms with Crippen molar-refractivity contribution in [3.63, 3.8) is 0 Å². The van der Waals surface area contributed by atoms with Crippen molar-refractivity contribution in [3.05, 3.63) is 54.1 Å². The number of benzene rings is 2. The summed E-state index contributed by atoms with van der Waals surface area (Å²) < 4.78 is 5.74. The van der Waals surface area contributed by atoms with Crippen molar-refractivity contribution >= 4 is 23.2 Å². The zero-order valence-corrected chi connectivity index (χ0v) is 17.5. The Morgan fingerprint density at radius 2 is 1.66 bits per heavy atom. The van der Waals surface area contributed by atoms with Crippen molar-refractivity contribution in [2.45, 2.75) is 33.6 Å². The van der Waals surface area contributed by atoms with Gasteiger partial charge >= 0.3 is 0 Å². The van der Waals surface area contributed by atoms with E-state index in [4.69, 9.17) is 4.74 Å². The highest BCUT2D eigenvalue weighted by Gasteiger charge is 2.12. The van der Waals surface area contributed by atoms with Crippen LogP contribution in [-0.4, -0.2) is 43.0 Å². The fourth-order valence-corrected chi connectivity index (χ4v) is 2.82. The van der Waals surface area contributed by atoms with Gasteiger partial charge in [0.25, 0.3) is 5.91 Å². The standard InChI is InChI=1S/C23H31N3O3/c1-4-7-16-29-21-11-9-8-10-20(21)25-22(27)17-24-19-14-12-18(13-15-19)23(28)26(5-2)6-3/h8-15,24H,4-7,16-17H2,1-3H3,(H,25,27). The molecule has 0 aliphatic rings. The van der Waals surface area contributed by atoms with Gasteiger partial charge in [0.15, 0.2) is 0 Å². The Balaban J connectivity index is 1.89. The second kappa shape index (κ2) is 11.7. The quantitative estimate of drug-likeness (QED) is 0.552. The van der Waals surface area contributed by atoms with Gasteiger partial charge in [0.05, 0.1) is 18.8 Å². The lowest BCUT2D eigenvalue weighted by atomic mass is 10.1. The Morgan fingerprint density at radius 1 is 0.966 bits per heavy atom. The number of nitrogens with zero attached hydrogens (tertiary/aromatic N) is 1. The monoisotopic (exact) mass is 397 g/mol. The van der Waals surface area contributed by atoms with E-state index in [1.165, 1.54) is 0 Å². The van der Waals surface area contributed by atoms with E-state index in [-0.39, 0.29) is 18.4 Å². The van der Waals surface area contributed by atoms with E-state index in [1.54, 1.807) is 17.0 Å². The Labute approximate surface area is 173 Å². The number of rotatable bonds is 11. The fourth-order valence-electron chi connectivity index (χ4n) is 2.82. The number of hydrogen-bond donors (Lipinski definition) is 2. The molecule has 6 heteroatoms. The van der Waals surface area contributed by atoms with E-state index < -0.39 is 0 Å². The van der Waals surface area contributed by atoms with Gasteiger partial charge in [0.1, 0.15) is 5.75 Å². The third-order valence-corrected chi connectivity index (χ3v) is 4.55. The lowest BCUT2D eigenvalue weighted by Gasteiger charge is -2.18. The molecular weight excluding hydrogens is 366 g/mol. The molecule has 0 saturated heterocycles. The summed E-state index contributed by atoms with van der Waals surface area (Å²) in [6.07, 6.45) is 2.02. The van der Waals surface area contributed by atoms with Crippen LogP contribution in [0.5, 0.6) is 5.75 Å². The lowest BCUT2D eigenvalue weighted by Crippen LogP contribution is -2.30. The third kappa shape index (κ3) is 6.82. The van der Waals surface area contributed by atoms with E-state index in [0.717, 1.165) is 18.5 Å². The van der Waals surface area contributed by atoms with Crippen molar-refractivity contribution in [1.82, 2.24) is 4.90 Å². The number of hydrogen-bond acceptors (Lipinski definition) is 4. The third-order valence-electron chi connectivity index (χ3n) is 4.55. The molecular formula is C23H31N3O3. The molecule has 6 nitrogen and oxygen atoms in total. The summed E-state index contributed by atoms with van der Waals surface area (Å²) >= 11 is 0. The van der Waals surface area contributed by atoms with Gasteiger partial charge in [-0.25, -0.2) is 0 Å². The average molecular weight is 398 g/mol. The van der Waals surface area contributed by atoms with E-state index in [9.17, 15) is 9.59 Å². The molecule has 0 radical (unpaired) electrons. The number of unbranched alkanes of at least 4 members (excludes halogenated alkanes) is 1. The van der Waals surface area contributed by atoms with Crippen LogP contribution in [0, 0.1) is 0 Å². The maximum atomic E-state index is 12.3. The summed E-state index contributed by atoms with van der Waals surface area (Å²) in [4.78, 5) is 26.4. The number of ether oxygens (including phenoxy) is 1. The largest absolute Gasteiger partial charge is 0.491 e. The van der Waals surface area contributed by atoms with Gasteiger partial charge in [-0.3, -0.25) is 9.59 Å². The van der Waals surface area contributed by atoms with Gasteiger partial charge in [0, 0.05) is 24.3 Å². The summed E-state index contributed by atoms with van der Waals surface area (Å²) in [6.45, 7) is 8.13. The van der Waals surface area contributed by atoms with E-state index in [2.05, 4.69) is 17.6 Å². The predicted octanol–water partition coefficient (Wildman–Crippen LogP) is 4.40. The summed E-state index contributed by atoms with van der Waals surface area (Å²) in [7, 11) is 0. The zero-order valence-electron chi connectivity index (χ0n) is 17.5. The molecule has 0 heterocycles. The normalized spacial score (nSPS) is 10.3.